The SMILES string of the molecule is [CH2]C1(C(=O)OC)C=CC=CC1. The second-order valence-corrected chi connectivity index (χ2v) is 2.64. The van der Waals surface area contributed by atoms with Crippen LogP contribution in [0.4, 0.5) is 0 Å². The molecule has 0 aromatic rings. The number of carbonyl (C=O) groups excluding carboxylic acids is 1. The average molecular weight is 151 g/mol. The molecule has 2 nitrogen and oxygen atoms in total. The molecule has 2 heteroatoms. The fraction of sp³-hybridized carbons (Fsp3) is 0.333. The van der Waals surface area contributed by atoms with Gasteiger partial charge in [0.05, 0.1) is 12.5 Å². The highest BCUT2D eigenvalue weighted by atomic mass is 16.5. The van der Waals surface area contributed by atoms with Crippen molar-refractivity contribution in [3.05, 3.63) is 31.2 Å². The van der Waals surface area contributed by atoms with E-state index in [2.05, 4.69) is 11.7 Å². The minimum atomic E-state index is -0.691. The number of allylic oxidation sites excluding steroid dienone is 3. The predicted octanol–water partition coefficient (Wildman–Crippen LogP) is 1.50. The standard InChI is InChI=1S/C9H11O2/c1-9(8(10)11-2)6-4-3-5-7-9/h3-6H,1,7H2,2H3. The van der Waals surface area contributed by atoms with Crippen molar-refractivity contribution in [3.8, 4) is 0 Å². The van der Waals surface area contributed by atoms with Gasteiger partial charge >= 0.3 is 5.97 Å². The van der Waals surface area contributed by atoms with E-state index < -0.39 is 5.41 Å². The number of carbonyl (C=O) groups is 1. The highest BCUT2D eigenvalue weighted by Crippen LogP contribution is 2.27. The fourth-order valence-corrected chi connectivity index (χ4v) is 1.02. The van der Waals surface area contributed by atoms with E-state index in [9.17, 15) is 4.79 Å². The molecule has 0 aromatic carbocycles. The number of rotatable bonds is 1. The van der Waals surface area contributed by atoms with E-state index in [0.717, 1.165) is 0 Å². The van der Waals surface area contributed by atoms with Crippen molar-refractivity contribution in [3.63, 3.8) is 0 Å². The van der Waals surface area contributed by atoms with Gasteiger partial charge in [-0.25, -0.2) is 0 Å². The van der Waals surface area contributed by atoms with Gasteiger partial charge in [0.1, 0.15) is 0 Å². The number of ether oxygens (including phenoxy) is 1. The summed E-state index contributed by atoms with van der Waals surface area (Å²) in [6, 6.07) is 0. The first-order chi connectivity index (χ1) is 5.19. The normalized spacial score (nSPS) is 28.5. The van der Waals surface area contributed by atoms with Crippen LogP contribution in [-0.4, -0.2) is 13.1 Å². The Bertz CT molecular complexity index is 216. The Kier molecular flexibility index (Phi) is 2.13. The number of esters is 1. The molecule has 1 atom stereocenters. The molecular weight excluding hydrogens is 140 g/mol. The summed E-state index contributed by atoms with van der Waals surface area (Å²) in [5.41, 5.74) is -0.691. The molecule has 0 aromatic heterocycles. The Morgan fingerprint density at radius 2 is 2.36 bits per heavy atom. The zero-order valence-corrected chi connectivity index (χ0v) is 6.54. The van der Waals surface area contributed by atoms with E-state index in [1.165, 1.54) is 7.11 Å². The van der Waals surface area contributed by atoms with Gasteiger partial charge in [-0.05, 0) is 13.3 Å². The van der Waals surface area contributed by atoms with Gasteiger partial charge in [-0.15, -0.1) is 0 Å². The van der Waals surface area contributed by atoms with Crippen LogP contribution in [0.5, 0.6) is 0 Å². The Labute approximate surface area is 66.5 Å². The fourth-order valence-electron chi connectivity index (χ4n) is 1.02. The van der Waals surface area contributed by atoms with Crippen molar-refractivity contribution < 1.29 is 9.53 Å². The summed E-state index contributed by atoms with van der Waals surface area (Å²) >= 11 is 0. The lowest BCUT2D eigenvalue weighted by atomic mass is 9.84. The molecule has 0 saturated carbocycles. The third-order valence-electron chi connectivity index (χ3n) is 1.74. The summed E-state index contributed by atoms with van der Waals surface area (Å²) in [5, 5.41) is 0. The largest absolute Gasteiger partial charge is 0.468 e. The average Bonchev–Trinajstić information content (AvgIpc) is 2.04. The maximum absolute atomic E-state index is 11.1. The van der Waals surface area contributed by atoms with E-state index in [4.69, 9.17) is 0 Å². The maximum Gasteiger partial charge on any atom is 0.315 e. The van der Waals surface area contributed by atoms with Gasteiger partial charge in [0.15, 0.2) is 0 Å². The Hall–Kier alpha value is -1.05. The monoisotopic (exact) mass is 151 g/mol. The topological polar surface area (TPSA) is 26.3 Å². The minimum Gasteiger partial charge on any atom is -0.468 e. The molecule has 1 unspecified atom stereocenters. The van der Waals surface area contributed by atoms with Crippen molar-refractivity contribution in [2.75, 3.05) is 7.11 Å². The second-order valence-electron chi connectivity index (χ2n) is 2.64. The zero-order chi connectivity index (χ0) is 8.32. The Morgan fingerprint density at radius 1 is 1.64 bits per heavy atom. The Morgan fingerprint density at radius 3 is 2.82 bits per heavy atom. The van der Waals surface area contributed by atoms with Crippen LogP contribution in [-0.2, 0) is 9.53 Å². The molecule has 0 amide bonds. The van der Waals surface area contributed by atoms with Crippen molar-refractivity contribution in [1.29, 1.82) is 0 Å². The highest BCUT2D eigenvalue weighted by Gasteiger charge is 2.30. The summed E-state index contributed by atoms with van der Waals surface area (Å²) in [5.74, 6) is -0.280. The highest BCUT2D eigenvalue weighted by molar-refractivity contribution is 5.80. The van der Waals surface area contributed by atoms with Crippen LogP contribution < -0.4 is 0 Å². The van der Waals surface area contributed by atoms with Crippen LogP contribution in [0.25, 0.3) is 0 Å². The van der Waals surface area contributed by atoms with Crippen LogP contribution in [0, 0.1) is 12.3 Å². The van der Waals surface area contributed by atoms with Gasteiger partial charge < -0.3 is 4.74 Å². The van der Waals surface area contributed by atoms with Gasteiger partial charge in [-0.3, -0.25) is 4.79 Å². The van der Waals surface area contributed by atoms with Crippen molar-refractivity contribution >= 4 is 5.97 Å². The smallest absolute Gasteiger partial charge is 0.315 e. The maximum atomic E-state index is 11.1. The Balaban J connectivity index is 2.75. The molecule has 11 heavy (non-hydrogen) atoms. The summed E-state index contributed by atoms with van der Waals surface area (Å²) in [4.78, 5) is 11.1. The third-order valence-corrected chi connectivity index (χ3v) is 1.74. The lowest BCUT2D eigenvalue weighted by Gasteiger charge is -2.22. The first-order valence-electron chi connectivity index (χ1n) is 3.47. The molecular formula is C9H11O2. The molecule has 1 radical (unpaired) electrons. The second kappa shape index (κ2) is 2.91. The molecule has 59 valence electrons. The molecule has 0 aliphatic heterocycles. The van der Waals surface area contributed by atoms with E-state index in [1.54, 1.807) is 6.08 Å². The van der Waals surface area contributed by atoms with Gasteiger partial charge in [-0.2, -0.15) is 0 Å². The number of methoxy groups -OCH3 is 1. The molecule has 0 heterocycles. The summed E-state index contributed by atoms with van der Waals surface area (Å²) in [7, 11) is 1.38. The van der Waals surface area contributed by atoms with Crippen molar-refractivity contribution in [2.45, 2.75) is 6.42 Å². The van der Waals surface area contributed by atoms with E-state index in [-0.39, 0.29) is 5.97 Å². The van der Waals surface area contributed by atoms with Crippen LogP contribution in [0.1, 0.15) is 6.42 Å². The van der Waals surface area contributed by atoms with Crippen LogP contribution in [0.15, 0.2) is 24.3 Å². The molecule has 0 fully saturated rings. The molecule has 1 rings (SSSR count). The van der Waals surface area contributed by atoms with Crippen LogP contribution in [0.2, 0.25) is 0 Å². The van der Waals surface area contributed by atoms with Gasteiger partial charge in [0.2, 0.25) is 0 Å². The molecule has 1 aliphatic rings. The quantitative estimate of drug-likeness (QED) is 0.531. The molecule has 0 bridgehead atoms. The van der Waals surface area contributed by atoms with Gasteiger partial charge in [-0.1, -0.05) is 24.3 Å². The number of hydrogen-bond donors (Lipinski definition) is 0. The van der Waals surface area contributed by atoms with Crippen LogP contribution in [0.3, 0.4) is 0 Å². The molecule has 0 spiro atoms. The summed E-state index contributed by atoms with van der Waals surface area (Å²) in [6.45, 7) is 3.79. The van der Waals surface area contributed by atoms with E-state index in [0.29, 0.717) is 6.42 Å². The van der Waals surface area contributed by atoms with E-state index >= 15 is 0 Å². The lowest BCUT2D eigenvalue weighted by Crippen LogP contribution is -2.27. The third kappa shape index (κ3) is 1.50. The first kappa shape index (κ1) is 8.05. The van der Waals surface area contributed by atoms with Crippen molar-refractivity contribution in [2.24, 2.45) is 5.41 Å². The van der Waals surface area contributed by atoms with Crippen molar-refractivity contribution in [1.82, 2.24) is 0 Å². The molecule has 0 N–H and O–H groups in total. The molecule has 0 saturated heterocycles. The first-order valence-corrected chi connectivity index (χ1v) is 3.47. The summed E-state index contributed by atoms with van der Waals surface area (Å²) in [6.07, 6.45) is 8.00. The predicted molar refractivity (Wildman–Crippen MR) is 42.7 cm³/mol. The lowest BCUT2D eigenvalue weighted by molar-refractivity contribution is -0.147. The van der Waals surface area contributed by atoms with Gasteiger partial charge in [0.25, 0.3) is 0 Å². The van der Waals surface area contributed by atoms with E-state index in [1.807, 2.05) is 18.2 Å². The zero-order valence-electron chi connectivity index (χ0n) is 6.54. The molecule has 1 aliphatic carbocycles. The van der Waals surface area contributed by atoms with Gasteiger partial charge in [0, 0.05) is 0 Å². The summed E-state index contributed by atoms with van der Waals surface area (Å²) < 4.78 is 4.61. The van der Waals surface area contributed by atoms with Crippen LogP contribution >= 0.6 is 0 Å². The minimum absolute atomic E-state index is 0.280. The number of hydrogen-bond acceptors (Lipinski definition) is 2.